The van der Waals surface area contributed by atoms with Crippen LogP contribution in [0.3, 0.4) is 0 Å². The molecule has 0 radical (unpaired) electrons. The number of aromatic nitrogens is 2. The van der Waals surface area contributed by atoms with Gasteiger partial charge >= 0.3 is 0 Å². The van der Waals surface area contributed by atoms with Crippen molar-refractivity contribution in [3.63, 3.8) is 0 Å². The molecule has 0 fully saturated rings. The van der Waals surface area contributed by atoms with Gasteiger partial charge in [-0.15, -0.1) is 11.3 Å². The van der Waals surface area contributed by atoms with Crippen molar-refractivity contribution >= 4 is 55.0 Å². The Kier molecular flexibility index (Phi) is 6.99. The van der Waals surface area contributed by atoms with Crippen molar-refractivity contribution in [3.05, 3.63) is 84.9 Å². The fourth-order valence-corrected chi connectivity index (χ4v) is 6.61. The monoisotopic (exact) mass is 568 g/mol. The van der Waals surface area contributed by atoms with Crippen molar-refractivity contribution in [2.24, 2.45) is 5.92 Å². The van der Waals surface area contributed by atoms with E-state index in [9.17, 15) is 9.59 Å². The molecule has 0 unspecified atom stereocenters. The first-order valence-electron chi connectivity index (χ1n) is 11.5. The molecule has 0 saturated heterocycles. The van der Waals surface area contributed by atoms with Crippen molar-refractivity contribution in [1.29, 1.82) is 0 Å². The number of carbonyl (C=O) groups excluding carboxylic acids is 1. The van der Waals surface area contributed by atoms with Gasteiger partial charge in [-0.2, -0.15) is 0 Å². The Labute approximate surface area is 220 Å². The van der Waals surface area contributed by atoms with Crippen LogP contribution in [0.2, 0.25) is 0 Å². The molecule has 8 heteroatoms. The van der Waals surface area contributed by atoms with E-state index in [2.05, 4.69) is 29.8 Å². The fourth-order valence-electron chi connectivity index (χ4n) is 4.28. The lowest BCUT2D eigenvalue weighted by molar-refractivity contribution is 0.00200. The Morgan fingerprint density at radius 2 is 2.03 bits per heavy atom. The smallest absolute Gasteiger partial charge is 0.267 e. The van der Waals surface area contributed by atoms with E-state index in [1.165, 1.54) is 23.1 Å². The van der Waals surface area contributed by atoms with E-state index < -0.39 is 0 Å². The maximum absolute atomic E-state index is 14.0. The molecular weight excluding hydrogens is 544 g/mol. The molecule has 5 rings (SSSR count). The van der Waals surface area contributed by atoms with Crippen LogP contribution < -0.4 is 5.56 Å². The summed E-state index contributed by atoms with van der Waals surface area (Å²) in [4.78, 5) is 33.6. The number of fused-ring (bicyclic) bond motifs is 3. The Balaban J connectivity index is 1.60. The van der Waals surface area contributed by atoms with E-state index in [-0.39, 0.29) is 23.2 Å². The molecule has 1 aliphatic rings. The first-order valence-corrected chi connectivity index (χ1v) is 14.1. The lowest BCUT2D eigenvalue weighted by Crippen LogP contribution is -2.28. The Morgan fingerprint density at radius 3 is 2.74 bits per heavy atom. The highest BCUT2D eigenvalue weighted by molar-refractivity contribution is 9.10. The summed E-state index contributed by atoms with van der Waals surface area (Å²) in [5.41, 5.74) is 3.43. The van der Waals surface area contributed by atoms with E-state index in [4.69, 9.17) is 9.72 Å². The van der Waals surface area contributed by atoms with Crippen LogP contribution in [0.25, 0.3) is 15.9 Å². The van der Waals surface area contributed by atoms with E-state index in [1.54, 1.807) is 16.7 Å². The molecule has 2 aromatic carbocycles. The normalized spacial score (nSPS) is 15.5. The summed E-state index contributed by atoms with van der Waals surface area (Å²) in [7, 11) is 0. The molecule has 3 heterocycles. The number of ketones is 1. The number of thioether (sulfide) groups is 1. The van der Waals surface area contributed by atoms with Gasteiger partial charge in [0.2, 0.25) is 0 Å². The molecule has 4 aromatic rings. The van der Waals surface area contributed by atoms with Gasteiger partial charge in [0.05, 0.1) is 29.5 Å². The Hall–Kier alpha value is -2.26. The molecule has 2 aromatic heterocycles. The third-order valence-electron chi connectivity index (χ3n) is 6.21. The maximum atomic E-state index is 14.0. The van der Waals surface area contributed by atoms with Crippen LogP contribution in [0.4, 0.5) is 0 Å². The number of aryl methyl sites for hydroxylation is 1. The molecule has 0 aliphatic carbocycles. The number of ether oxygens (including phenoxy) is 1. The molecule has 0 spiro atoms. The number of rotatable bonds is 6. The van der Waals surface area contributed by atoms with Gasteiger partial charge in [0.25, 0.3) is 5.56 Å². The van der Waals surface area contributed by atoms with Gasteiger partial charge in [-0.1, -0.05) is 65.8 Å². The molecule has 1 atom stereocenters. The van der Waals surface area contributed by atoms with Crippen LogP contribution in [0.15, 0.2) is 63.0 Å². The Morgan fingerprint density at radius 1 is 1.26 bits per heavy atom. The van der Waals surface area contributed by atoms with Crippen LogP contribution >= 0.6 is 39.0 Å². The van der Waals surface area contributed by atoms with Gasteiger partial charge in [0.15, 0.2) is 10.9 Å². The van der Waals surface area contributed by atoms with Crippen LogP contribution in [-0.4, -0.2) is 27.2 Å². The lowest BCUT2D eigenvalue weighted by Gasteiger charge is -2.26. The van der Waals surface area contributed by atoms with Crippen LogP contribution in [-0.2, 0) is 17.8 Å². The minimum Gasteiger partial charge on any atom is -0.372 e. The van der Waals surface area contributed by atoms with Gasteiger partial charge in [-0.25, -0.2) is 4.98 Å². The summed E-state index contributed by atoms with van der Waals surface area (Å²) in [6.45, 7) is 6.80. The summed E-state index contributed by atoms with van der Waals surface area (Å²) < 4.78 is 8.64. The first-order chi connectivity index (χ1) is 16.8. The molecule has 0 amide bonds. The van der Waals surface area contributed by atoms with E-state index in [0.717, 1.165) is 31.0 Å². The van der Waals surface area contributed by atoms with Crippen LogP contribution in [0, 0.1) is 12.8 Å². The fraction of sp³-hybridized carbons (Fsp3) is 0.296. The molecular formula is C27H25BrN2O3S2. The molecule has 35 heavy (non-hydrogen) atoms. The minimum absolute atomic E-state index is 0.00807. The van der Waals surface area contributed by atoms with E-state index in [0.29, 0.717) is 35.1 Å². The predicted molar refractivity (Wildman–Crippen MR) is 146 cm³/mol. The van der Waals surface area contributed by atoms with Crippen molar-refractivity contribution in [2.45, 2.75) is 45.1 Å². The zero-order valence-electron chi connectivity index (χ0n) is 19.7. The van der Waals surface area contributed by atoms with Crippen molar-refractivity contribution < 1.29 is 9.53 Å². The summed E-state index contributed by atoms with van der Waals surface area (Å²) in [6.07, 6.45) is 0.802. The number of hydrogen-bond acceptors (Lipinski definition) is 6. The quantitative estimate of drug-likeness (QED) is 0.149. The topological polar surface area (TPSA) is 61.2 Å². The number of nitrogens with zero attached hydrogens (tertiary/aromatic N) is 2. The highest BCUT2D eigenvalue weighted by atomic mass is 79.9. The Bertz CT molecular complexity index is 1470. The second-order valence-corrected chi connectivity index (χ2v) is 12.0. The largest absolute Gasteiger partial charge is 0.372 e. The predicted octanol–water partition coefficient (Wildman–Crippen LogP) is 6.59. The summed E-state index contributed by atoms with van der Waals surface area (Å²) in [6, 6.07) is 15.2. The third kappa shape index (κ3) is 4.89. The first kappa shape index (κ1) is 24.4. The van der Waals surface area contributed by atoms with Gasteiger partial charge in [0.1, 0.15) is 4.83 Å². The standard InChI is InChI=1S/C27H25BrN2O3S2/c1-15(2)22-12-20-23(13-33-22)35-25-24(20)26(32)30(19-6-4-5-16(3)11-19)27(29-25)34-14-21(31)17-7-9-18(28)10-8-17/h4-11,15,22H,12-14H2,1-3H3/t22-/m0/s1. The molecule has 180 valence electrons. The number of halogens is 1. The molecule has 1 aliphatic heterocycles. The summed E-state index contributed by atoms with van der Waals surface area (Å²) >= 11 is 6.24. The van der Waals surface area contributed by atoms with Crippen molar-refractivity contribution in [2.75, 3.05) is 5.75 Å². The van der Waals surface area contributed by atoms with Gasteiger partial charge in [0, 0.05) is 21.3 Å². The van der Waals surface area contributed by atoms with E-state index in [1.807, 2.05) is 43.3 Å². The molecule has 0 N–H and O–H groups in total. The second kappa shape index (κ2) is 10.0. The van der Waals surface area contributed by atoms with Crippen LogP contribution in [0.5, 0.6) is 0 Å². The molecule has 0 bridgehead atoms. The zero-order valence-corrected chi connectivity index (χ0v) is 22.9. The second-order valence-electron chi connectivity index (χ2n) is 9.07. The van der Waals surface area contributed by atoms with Gasteiger partial charge in [-0.3, -0.25) is 14.2 Å². The highest BCUT2D eigenvalue weighted by Gasteiger charge is 2.29. The van der Waals surface area contributed by atoms with Crippen molar-refractivity contribution in [1.82, 2.24) is 9.55 Å². The number of thiophene rings is 1. The van der Waals surface area contributed by atoms with Crippen molar-refractivity contribution in [3.8, 4) is 5.69 Å². The van der Waals surface area contributed by atoms with E-state index >= 15 is 0 Å². The number of benzene rings is 2. The number of Topliss-reactive ketones (excluding diaryl/α,β-unsaturated/α-hetero) is 1. The highest BCUT2D eigenvalue weighted by Crippen LogP contribution is 2.36. The molecule has 0 saturated carbocycles. The summed E-state index contributed by atoms with van der Waals surface area (Å²) in [5, 5.41) is 1.21. The van der Waals surface area contributed by atoms with Gasteiger partial charge < -0.3 is 4.74 Å². The number of hydrogen-bond donors (Lipinski definition) is 0. The minimum atomic E-state index is -0.0823. The SMILES string of the molecule is Cc1cccc(-n2c(SCC(=O)c3ccc(Br)cc3)nc3sc4c(c3c2=O)C[C@@H](C(C)C)OC4)c1. The third-order valence-corrected chi connectivity index (χ3v) is 8.78. The zero-order chi connectivity index (χ0) is 24.7. The average molecular weight is 570 g/mol. The van der Waals surface area contributed by atoms with Crippen LogP contribution in [0.1, 0.15) is 40.2 Å². The lowest BCUT2D eigenvalue weighted by atomic mass is 9.96. The molecule has 5 nitrogen and oxygen atoms in total. The summed E-state index contributed by atoms with van der Waals surface area (Å²) in [5.74, 6) is 0.547. The average Bonchev–Trinajstić information content (AvgIpc) is 3.20. The number of carbonyl (C=O) groups is 1. The van der Waals surface area contributed by atoms with Gasteiger partial charge in [-0.05, 0) is 48.2 Å². The maximum Gasteiger partial charge on any atom is 0.267 e.